The minimum atomic E-state index is -4.63. The molecule has 2 heterocycles. The molecule has 0 aliphatic heterocycles. The number of rotatable bonds is 5. The first-order valence-corrected chi connectivity index (χ1v) is 10.7. The number of aryl methyl sites for hydroxylation is 2. The van der Waals surface area contributed by atoms with Crippen LogP contribution in [-0.2, 0) is 6.54 Å². The Hall–Kier alpha value is -4.15. The van der Waals surface area contributed by atoms with Gasteiger partial charge in [0.2, 0.25) is 0 Å². The van der Waals surface area contributed by atoms with Crippen molar-refractivity contribution >= 4 is 22.6 Å². The molecular formula is C24H23F3N6O2. The second-order valence-corrected chi connectivity index (χ2v) is 8.37. The maximum absolute atomic E-state index is 13.4. The minimum absolute atomic E-state index is 0.0424. The highest BCUT2D eigenvalue weighted by molar-refractivity contribution is 5.99. The SMILES string of the molecule is Cc1ccc(C)c(C(=O)NCc2ccc(-c3nn([C@@H](C)C(F)(F)F)c4c(=O)[nH]nc(N)c34)cc2)c1. The Kier molecular flexibility index (Phi) is 6.10. The number of amides is 1. The van der Waals surface area contributed by atoms with Crippen LogP contribution in [0.2, 0.25) is 0 Å². The van der Waals surface area contributed by atoms with Crippen LogP contribution in [0.25, 0.3) is 22.2 Å². The zero-order valence-corrected chi connectivity index (χ0v) is 19.2. The minimum Gasteiger partial charge on any atom is -0.382 e. The number of nitrogens with zero attached hydrogens (tertiary/aromatic N) is 3. The van der Waals surface area contributed by atoms with E-state index in [1.165, 1.54) is 0 Å². The molecular weight excluding hydrogens is 461 g/mol. The van der Waals surface area contributed by atoms with Gasteiger partial charge in [-0.1, -0.05) is 42.0 Å². The van der Waals surface area contributed by atoms with Crippen molar-refractivity contribution in [3.8, 4) is 11.3 Å². The Balaban J connectivity index is 1.64. The lowest BCUT2D eigenvalue weighted by Gasteiger charge is -2.16. The van der Waals surface area contributed by atoms with Gasteiger partial charge in [0.05, 0.1) is 5.39 Å². The van der Waals surface area contributed by atoms with Crippen LogP contribution in [0.1, 0.15) is 40.0 Å². The summed E-state index contributed by atoms with van der Waals surface area (Å²) >= 11 is 0. The molecule has 0 unspecified atom stereocenters. The molecule has 0 saturated carbocycles. The average Bonchev–Trinajstić information content (AvgIpc) is 3.22. The van der Waals surface area contributed by atoms with Gasteiger partial charge in [-0.2, -0.15) is 23.4 Å². The maximum atomic E-state index is 13.4. The van der Waals surface area contributed by atoms with E-state index in [9.17, 15) is 22.8 Å². The summed E-state index contributed by atoms with van der Waals surface area (Å²) in [5.74, 6) is -0.348. The van der Waals surface area contributed by atoms with Crippen LogP contribution in [0, 0.1) is 13.8 Å². The highest BCUT2D eigenvalue weighted by Gasteiger charge is 2.40. The number of aromatic amines is 1. The first-order chi connectivity index (χ1) is 16.5. The number of aromatic nitrogens is 4. The molecule has 182 valence electrons. The number of benzene rings is 2. The molecule has 0 saturated heterocycles. The van der Waals surface area contributed by atoms with Gasteiger partial charge in [-0.05, 0) is 38.0 Å². The lowest BCUT2D eigenvalue weighted by Crippen LogP contribution is -2.27. The molecule has 35 heavy (non-hydrogen) atoms. The molecule has 0 aliphatic rings. The number of H-pyrrole nitrogens is 1. The predicted molar refractivity (Wildman–Crippen MR) is 126 cm³/mol. The molecule has 11 heteroatoms. The van der Waals surface area contributed by atoms with Crippen LogP contribution in [0.4, 0.5) is 19.0 Å². The highest BCUT2D eigenvalue weighted by Crippen LogP contribution is 2.36. The van der Waals surface area contributed by atoms with Gasteiger partial charge in [0, 0.05) is 17.7 Å². The molecule has 2 aromatic heterocycles. The number of hydrogen-bond donors (Lipinski definition) is 3. The van der Waals surface area contributed by atoms with E-state index < -0.39 is 17.8 Å². The number of nitrogens with one attached hydrogen (secondary N) is 2. The van der Waals surface area contributed by atoms with E-state index in [0.29, 0.717) is 15.8 Å². The molecule has 0 fully saturated rings. The number of hydrogen-bond acceptors (Lipinski definition) is 5. The van der Waals surface area contributed by atoms with Crippen LogP contribution < -0.4 is 16.6 Å². The topological polar surface area (TPSA) is 119 Å². The molecule has 0 spiro atoms. The Morgan fingerprint density at radius 2 is 1.86 bits per heavy atom. The summed E-state index contributed by atoms with van der Waals surface area (Å²) in [5.41, 5.74) is 8.54. The number of carbonyl (C=O) groups excluding carboxylic acids is 1. The highest BCUT2D eigenvalue weighted by atomic mass is 19.4. The van der Waals surface area contributed by atoms with Crippen molar-refractivity contribution in [2.45, 2.75) is 39.5 Å². The summed E-state index contributed by atoms with van der Waals surface area (Å²) in [4.78, 5) is 24.9. The van der Waals surface area contributed by atoms with Crippen LogP contribution in [0.15, 0.2) is 47.3 Å². The van der Waals surface area contributed by atoms with Gasteiger partial charge < -0.3 is 11.1 Å². The van der Waals surface area contributed by atoms with Gasteiger partial charge in [-0.25, -0.2) is 9.78 Å². The maximum Gasteiger partial charge on any atom is 0.410 e. The summed E-state index contributed by atoms with van der Waals surface area (Å²) < 4.78 is 40.9. The number of nitrogens with two attached hydrogens (primary N) is 1. The predicted octanol–water partition coefficient (Wildman–Crippen LogP) is 4.04. The third-order valence-corrected chi connectivity index (χ3v) is 5.82. The molecule has 4 N–H and O–H groups in total. The molecule has 0 bridgehead atoms. The standard InChI is InChI=1S/C24H23F3N6O2/c1-12-4-5-13(2)17(10-12)22(34)29-11-15-6-8-16(9-7-15)19-18-20(23(35)31-30-21(18)28)33(32-19)14(3)24(25,26)27/h4-10,14H,11H2,1-3H3,(H2,28,30)(H,29,34)(H,31,35)/t14-/m0/s1. The van der Waals surface area contributed by atoms with Crippen LogP contribution in [0.3, 0.4) is 0 Å². The second-order valence-electron chi connectivity index (χ2n) is 8.37. The van der Waals surface area contributed by atoms with E-state index in [0.717, 1.165) is 23.6 Å². The molecule has 2 aromatic carbocycles. The largest absolute Gasteiger partial charge is 0.410 e. The number of halogens is 3. The average molecular weight is 484 g/mol. The molecule has 4 rings (SSSR count). The molecule has 4 aromatic rings. The Bertz CT molecular complexity index is 1470. The van der Waals surface area contributed by atoms with Crippen molar-refractivity contribution in [3.63, 3.8) is 0 Å². The fraction of sp³-hybridized carbons (Fsp3) is 0.250. The van der Waals surface area contributed by atoms with Gasteiger partial charge in [0.1, 0.15) is 17.3 Å². The second kappa shape index (κ2) is 8.90. The fourth-order valence-electron chi connectivity index (χ4n) is 3.77. The van der Waals surface area contributed by atoms with Crippen molar-refractivity contribution in [1.29, 1.82) is 0 Å². The zero-order valence-electron chi connectivity index (χ0n) is 19.2. The van der Waals surface area contributed by atoms with E-state index in [1.807, 2.05) is 32.0 Å². The number of carbonyl (C=O) groups is 1. The van der Waals surface area contributed by atoms with Crippen molar-refractivity contribution in [2.24, 2.45) is 0 Å². The van der Waals surface area contributed by atoms with Gasteiger partial charge in [0.25, 0.3) is 11.5 Å². The van der Waals surface area contributed by atoms with Gasteiger partial charge in [-0.3, -0.25) is 9.59 Å². The third-order valence-electron chi connectivity index (χ3n) is 5.82. The summed E-state index contributed by atoms with van der Waals surface area (Å²) in [6.45, 7) is 4.92. The van der Waals surface area contributed by atoms with Crippen LogP contribution in [0.5, 0.6) is 0 Å². The zero-order chi connectivity index (χ0) is 25.5. The quantitative estimate of drug-likeness (QED) is 0.395. The molecule has 0 aliphatic carbocycles. The van der Waals surface area contributed by atoms with E-state index in [-0.39, 0.29) is 34.9 Å². The molecule has 0 radical (unpaired) electrons. The number of anilines is 1. The van der Waals surface area contributed by atoms with E-state index in [4.69, 9.17) is 5.73 Å². The summed E-state index contributed by atoms with van der Waals surface area (Å²) in [7, 11) is 0. The van der Waals surface area contributed by atoms with Crippen molar-refractivity contribution < 1.29 is 18.0 Å². The van der Waals surface area contributed by atoms with E-state index in [1.54, 1.807) is 24.3 Å². The molecule has 8 nitrogen and oxygen atoms in total. The lowest BCUT2D eigenvalue weighted by molar-refractivity contribution is -0.164. The lowest BCUT2D eigenvalue weighted by atomic mass is 10.0. The Morgan fingerprint density at radius 3 is 2.51 bits per heavy atom. The number of nitrogen functional groups attached to an aromatic ring is 1. The van der Waals surface area contributed by atoms with E-state index in [2.05, 4.69) is 20.6 Å². The van der Waals surface area contributed by atoms with Gasteiger partial charge in [-0.15, -0.1) is 0 Å². The van der Waals surface area contributed by atoms with Crippen molar-refractivity contribution in [2.75, 3.05) is 5.73 Å². The molecule has 1 amide bonds. The molecule has 1 atom stereocenters. The monoisotopic (exact) mass is 484 g/mol. The van der Waals surface area contributed by atoms with E-state index >= 15 is 0 Å². The first-order valence-electron chi connectivity index (χ1n) is 10.7. The van der Waals surface area contributed by atoms with Gasteiger partial charge in [0.15, 0.2) is 5.82 Å². The fourth-order valence-corrected chi connectivity index (χ4v) is 3.77. The smallest absolute Gasteiger partial charge is 0.382 e. The number of fused-ring (bicyclic) bond motifs is 1. The summed E-state index contributed by atoms with van der Waals surface area (Å²) in [6.07, 6.45) is -4.63. The normalized spacial score (nSPS) is 12.6. The Labute approximate surface area is 198 Å². The Morgan fingerprint density at radius 1 is 1.17 bits per heavy atom. The van der Waals surface area contributed by atoms with Crippen molar-refractivity contribution in [1.82, 2.24) is 25.3 Å². The number of alkyl halides is 3. The first kappa shape index (κ1) is 24.0. The van der Waals surface area contributed by atoms with Gasteiger partial charge >= 0.3 is 6.18 Å². The third kappa shape index (κ3) is 4.61. The summed E-state index contributed by atoms with van der Waals surface area (Å²) in [5, 5.41) is 12.8. The van der Waals surface area contributed by atoms with Crippen LogP contribution >= 0.6 is 0 Å². The van der Waals surface area contributed by atoms with Crippen molar-refractivity contribution in [3.05, 3.63) is 75.1 Å². The summed E-state index contributed by atoms with van der Waals surface area (Å²) in [6, 6.07) is 10.3. The van der Waals surface area contributed by atoms with Crippen LogP contribution in [-0.4, -0.2) is 32.1 Å².